The van der Waals surface area contributed by atoms with Crippen LogP contribution < -0.4 is 4.74 Å². The predicted molar refractivity (Wildman–Crippen MR) is 115 cm³/mol. The van der Waals surface area contributed by atoms with Crippen molar-refractivity contribution in [1.82, 2.24) is 0 Å². The summed E-state index contributed by atoms with van der Waals surface area (Å²) in [5, 5.41) is 0. The minimum absolute atomic E-state index is 0.200. The third-order valence-corrected chi connectivity index (χ3v) is 5.15. The number of aryl methyl sites for hydroxylation is 1. The van der Waals surface area contributed by atoms with Gasteiger partial charge in [0.05, 0.1) is 0 Å². The molecule has 3 heteroatoms. The van der Waals surface area contributed by atoms with Crippen LogP contribution in [0.15, 0.2) is 78.4 Å². The molecule has 0 radical (unpaired) electrons. The Balaban J connectivity index is 1.94. The summed E-state index contributed by atoms with van der Waals surface area (Å²) in [5.74, 6) is 0.871. The maximum atomic E-state index is 13.8. The number of halogens is 1. The van der Waals surface area contributed by atoms with Crippen LogP contribution in [0.4, 0.5) is 4.39 Å². The van der Waals surface area contributed by atoms with Gasteiger partial charge in [-0.3, -0.25) is 0 Å². The van der Waals surface area contributed by atoms with Crippen molar-refractivity contribution in [2.24, 2.45) is 5.92 Å². The van der Waals surface area contributed by atoms with E-state index >= 15 is 0 Å². The molecule has 3 rings (SSSR count). The zero-order chi connectivity index (χ0) is 20.8. The summed E-state index contributed by atoms with van der Waals surface area (Å²) in [7, 11) is 0. The predicted octanol–water partition coefficient (Wildman–Crippen LogP) is 6.52. The number of ether oxygens (including phenoxy) is 1. The van der Waals surface area contributed by atoms with E-state index in [1.807, 2.05) is 66.7 Å². The fourth-order valence-electron chi connectivity index (χ4n) is 3.20. The Morgan fingerprint density at radius 1 is 0.966 bits per heavy atom. The molecule has 0 N–H and O–H groups in total. The van der Waals surface area contributed by atoms with Gasteiger partial charge in [-0.05, 0) is 0 Å². The number of hydrogen-bond acceptors (Lipinski definition) is 1. The van der Waals surface area contributed by atoms with Gasteiger partial charge in [-0.15, -0.1) is 0 Å². The molecule has 0 amide bonds. The quantitative estimate of drug-likeness (QED) is 0.387. The molecule has 0 fully saturated rings. The number of hydrogen-bond donors (Lipinski definition) is 0. The second kappa shape index (κ2) is 9.81. The van der Waals surface area contributed by atoms with E-state index in [1.165, 1.54) is 6.07 Å². The molecule has 1 nitrogen and oxygen atoms in total. The zero-order valence-corrected chi connectivity index (χ0v) is 17.9. The Morgan fingerprint density at radius 2 is 1.62 bits per heavy atom. The average molecular weight is 431 g/mol. The molecule has 0 unspecified atom stereocenters. The topological polar surface area (TPSA) is 9.23 Å². The Kier molecular flexibility index (Phi) is 7.17. The minimum atomic E-state index is -0.200. The fourth-order valence-corrected chi connectivity index (χ4v) is 3.67. The number of benzene rings is 3. The Labute approximate surface area is 180 Å². The summed E-state index contributed by atoms with van der Waals surface area (Å²) in [6, 6.07) is 23.3. The zero-order valence-electron chi connectivity index (χ0n) is 16.9. The van der Waals surface area contributed by atoms with Crippen molar-refractivity contribution in [2.75, 3.05) is 0 Å². The van der Waals surface area contributed by atoms with Crippen molar-refractivity contribution in [1.29, 1.82) is 0 Å². The van der Waals surface area contributed by atoms with Gasteiger partial charge in [0.1, 0.15) is 0 Å². The van der Waals surface area contributed by atoms with Crippen LogP contribution in [0.5, 0.6) is 5.75 Å². The summed E-state index contributed by atoms with van der Waals surface area (Å²) in [4.78, 5) is 1.78. The van der Waals surface area contributed by atoms with Gasteiger partial charge < -0.3 is 0 Å². The van der Waals surface area contributed by atoms with Gasteiger partial charge in [-0.1, -0.05) is 6.07 Å². The molecule has 0 atom stereocenters. The van der Waals surface area contributed by atoms with E-state index in [1.54, 1.807) is 11.9 Å². The van der Waals surface area contributed by atoms with E-state index in [4.69, 9.17) is 19.8 Å². The van der Waals surface area contributed by atoms with Gasteiger partial charge in [0, 0.05) is 0 Å². The molecule has 3 aromatic carbocycles. The molecule has 0 bridgehead atoms. The van der Waals surface area contributed by atoms with Gasteiger partial charge in [0.2, 0.25) is 0 Å². The van der Waals surface area contributed by atoms with Gasteiger partial charge >= 0.3 is 174 Å². The first kappa shape index (κ1) is 21.2. The summed E-state index contributed by atoms with van der Waals surface area (Å²) in [6.45, 7) is 6.56. The molecule has 0 aliphatic carbocycles. The molecular formula is C26H25FNiO. The number of allylic oxidation sites excluding steroid dienone is 1. The van der Waals surface area contributed by atoms with Gasteiger partial charge in [0.15, 0.2) is 0 Å². The molecule has 0 aromatic heterocycles. The molecule has 0 aliphatic rings. The van der Waals surface area contributed by atoms with Crippen LogP contribution in [-0.4, -0.2) is 4.99 Å². The Morgan fingerprint density at radius 3 is 2.21 bits per heavy atom. The Hall–Kier alpha value is -2.51. The normalized spacial score (nSPS) is 12.0. The molecular weight excluding hydrogens is 406 g/mol. The molecule has 0 saturated heterocycles. The summed E-state index contributed by atoms with van der Waals surface area (Å²) in [6.07, 6.45) is 0. The van der Waals surface area contributed by atoms with Crippen molar-refractivity contribution in [3.63, 3.8) is 0 Å². The standard InChI is InChI=1S/C26H25FO.Ni/c1-18(2)20(4)26(23-12-15-25(27)19(3)16-23)22-10-13-24(14-11-22)28-17-21-8-6-5-7-9-21;/h4-16,18H,17H2,1-3H3;/b26-20-;. The summed E-state index contributed by atoms with van der Waals surface area (Å²) in [5.41, 5.74) is 5.89. The van der Waals surface area contributed by atoms with Crippen LogP contribution in [-0.2, 0) is 21.6 Å². The monoisotopic (exact) mass is 430 g/mol. The maximum absolute atomic E-state index is 13.8. The summed E-state index contributed by atoms with van der Waals surface area (Å²) < 4.78 is 19.7. The molecule has 0 aliphatic heterocycles. The van der Waals surface area contributed by atoms with E-state index in [9.17, 15) is 4.39 Å². The van der Waals surface area contributed by atoms with Crippen molar-refractivity contribution < 1.29 is 24.2 Å². The number of rotatable bonds is 7. The van der Waals surface area contributed by atoms with Gasteiger partial charge in [-0.25, -0.2) is 0 Å². The third kappa shape index (κ3) is 5.31. The molecule has 29 heavy (non-hydrogen) atoms. The Bertz CT molecular complexity index is 1000. The van der Waals surface area contributed by atoms with Crippen molar-refractivity contribution in [3.8, 4) is 5.75 Å². The van der Waals surface area contributed by atoms with E-state index in [2.05, 4.69) is 13.8 Å². The first-order chi connectivity index (χ1) is 14.0. The molecule has 0 spiro atoms. The third-order valence-electron chi connectivity index (χ3n) is 4.85. The van der Waals surface area contributed by atoms with Gasteiger partial charge in [-0.2, -0.15) is 0 Å². The van der Waals surface area contributed by atoms with E-state index in [-0.39, 0.29) is 11.7 Å². The van der Waals surface area contributed by atoms with Crippen LogP contribution in [0.1, 0.15) is 36.1 Å². The van der Waals surface area contributed by atoms with Crippen LogP contribution in [0.25, 0.3) is 5.57 Å². The van der Waals surface area contributed by atoms with Crippen LogP contribution in [0.3, 0.4) is 0 Å². The SMILES string of the molecule is Cc1cc(/C(=C(/[CH]=[Ni])C(C)C)c2ccc(OCc3ccccc3)cc2)ccc1F. The van der Waals surface area contributed by atoms with E-state index in [0.717, 1.165) is 33.6 Å². The summed E-state index contributed by atoms with van der Waals surface area (Å²) >= 11 is 5.00. The average Bonchev–Trinajstić information content (AvgIpc) is 2.73. The molecule has 0 heterocycles. The van der Waals surface area contributed by atoms with E-state index in [0.29, 0.717) is 12.2 Å². The van der Waals surface area contributed by atoms with Crippen LogP contribution in [0.2, 0.25) is 0 Å². The van der Waals surface area contributed by atoms with Crippen molar-refractivity contribution in [3.05, 3.63) is 106 Å². The fraction of sp³-hybridized carbons (Fsp3) is 0.192. The van der Waals surface area contributed by atoms with Crippen LogP contribution in [0, 0.1) is 18.7 Å². The second-order valence-electron chi connectivity index (χ2n) is 7.34. The second-order valence-corrected chi connectivity index (χ2v) is 7.62. The molecule has 0 saturated carbocycles. The first-order valence-corrected chi connectivity index (χ1v) is 10.2. The van der Waals surface area contributed by atoms with Crippen LogP contribution >= 0.6 is 0 Å². The first-order valence-electron chi connectivity index (χ1n) is 9.67. The van der Waals surface area contributed by atoms with Crippen molar-refractivity contribution >= 4 is 10.6 Å². The van der Waals surface area contributed by atoms with Crippen molar-refractivity contribution in [2.45, 2.75) is 27.4 Å². The van der Waals surface area contributed by atoms with Gasteiger partial charge in [0.25, 0.3) is 0 Å². The molecule has 152 valence electrons. The molecule has 3 aromatic rings. The van der Waals surface area contributed by atoms with E-state index < -0.39 is 0 Å².